The largest absolute Gasteiger partial charge is 0.338 e. The smallest absolute Gasteiger partial charge is 0.317 e. The minimum absolute atomic E-state index is 0.166. The molecule has 2 atom stereocenters. The van der Waals surface area contributed by atoms with E-state index in [2.05, 4.69) is 12.2 Å². The van der Waals surface area contributed by atoms with E-state index >= 15 is 0 Å². The molecule has 0 aromatic rings. The van der Waals surface area contributed by atoms with Gasteiger partial charge in [-0.2, -0.15) is 0 Å². The van der Waals surface area contributed by atoms with Crippen molar-refractivity contribution in [3.63, 3.8) is 0 Å². The van der Waals surface area contributed by atoms with Gasteiger partial charge in [0.25, 0.3) is 0 Å². The molecule has 0 aromatic carbocycles. The summed E-state index contributed by atoms with van der Waals surface area (Å²) < 4.78 is 0. The van der Waals surface area contributed by atoms with Crippen molar-refractivity contribution in [1.29, 1.82) is 0 Å². The third kappa shape index (κ3) is 3.13. The Hall–Kier alpha value is -0.730. The topological polar surface area (TPSA) is 32.3 Å². The van der Waals surface area contributed by atoms with Gasteiger partial charge in [-0.1, -0.05) is 13.3 Å². The summed E-state index contributed by atoms with van der Waals surface area (Å²) in [5, 5.41) is 3.10. The van der Waals surface area contributed by atoms with E-state index in [0.29, 0.717) is 0 Å². The molecule has 16 heavy (non-hydrogen) atoms. The van der Waals surface area contributed by atoms with Crippen LogP contribution in [0, 0.1) is 11.8 Å². The van der Waals surface area contributed by atoms with Crippen molar-refractivity contribution in [1.82, 2.24) is 10.2 Å². The molecule has 3 nitrogen and oxygen atoms in total. The summed E-state index contributed by atoms with van der Waals surface area (Å²) in [7, 11) is 0. The standard InChI is InChI=1S/C13H24N2O/c1-11-5-6-12(9-11)10-14-13(16)15-7-3-2-4-8-15/h11-12H,2-10H2,1H3,(H,14,16). The van der Waals surface area contributed by atoms with Crippen molar-refractivity contribution < 1.29 is 4.79 Å². The third-order valence-corrected chi connectivity index (χ3v) is 3.99. The Labute approximate surface area is 98.6 Å². The average molecular weight is 224 g/mol. The van der Waals surface area contributed by atoms with Gasteiger partial charge < -0.3 is 10.2 Å². The summed E-state index contributed by atoms with van der Waals surface area (Å²) in [6, 6.07) is 0.166. The Bertz CT molecular complexity index is 236. The van der Waals surface area contributed by atoms with Crippen LogP contribution in [0.5, 0.6) is 0 Å². The number of hydrogen-bond donors (Lipinski definition) is 1. The second-order valence-electron chi connectivity index (χ2n) is 5.52. The minimum atomic E-state index is 0.166. The summed E-state index contributed by atoms with van der Waals surface area (Å²) in [5.74, 6) is 1.58. The molecule has 1 aliphatic carbocycles. The molecular weight excluding hydrogens is 200 g/mol. The van der Waals surface area contributed by atoms with Crippen LogP contribution in [0.25, 0.3) is 0 Å². The highest BCUT2D eigenvalue weighted by atomic mass is 16.2. The molecule has 2 aliphatic rings. The van der Waals surface area contributed by atoms with Gasteiger partial charge in [-0.05, 0) is 43.9 Å². The average Bonchev–Trinajstić information content (AvgIpc) is 2.73. The maximum Gasteiger partial charge on any atom is 0.317 e. The molecule has 1 N–H and O–H groups in total. The molecule has 2 unspecified atom stereocenters. The zero-order valence-corrected chi connectivity index (χ0v) is 10.4. The minimum Gasteiger partial charge on any atom is -0.338 e. The molecule has 92 valence electrons. The Morgan fingerprint density at radius 2 is 2.00 bits per heavy atom. The van der Waals surface area contributed by atoms with Crippen LogP contribution in [0.4, 0.5) is 4.79 Å². The summed E-state index contributed by atoms with van der Waals surface area (Å²) in [5.41, 5.74) is 0. The lowest BCUT2D eigenvalue weighted by molar-refractivity contribution is 0.184. The number of piperidine rings is 1. The lowest BCUT2D eigenvalue weighted by atomic mass is 10.1. The number of carbonyl (C=O) groups excluding carboxylic acids is 1. The van der Waals surface area contributed by atoms with Crippen molar-refractivity contribution >= 4 is 6.03 Å². The van der Waals surface area contributed by atoms with E-state index in [1.807, 2.05) is 4.90 Å². The molecule has 0 spiro atoms. The molecule has 1 heterocycles. The molecule has 0 radical (unpaired) electrons. The summed E-state index contributed by atoms with van der Waals surface area (Å²) in [6.45, 7) is 5.10. The normalized spacial score (nSPS) is 30.4. The number of carbonyl (C=O) groups is 1. The van der Waals surface area contributed by atoms with Crippen LogP contribution >= 0.6 is 0 Å². The number of nitrogens with one attached hydrogen (secondary N) is 1. The van der Waals surface area contributed by atoms with Crippen LogP contribution < -0.4 is 5.32 Å². The zero-order valence-electron chi connectivity index (χ0n) is 10.4. The fourth-order valence-electron chi connectivity index (χ4n) is 2.95. The molecule has 2 amide bonds. The van der Waals surface area contributed by atoms with Gasteiger partial charge in [0.2, 0.25) is 0 Å². The van der Waals surface area contributed by atoms with E-state index in [1.54, 1.807) is 0 Å². The van der Waals surface area contributed by atoms with E-state index in [1.165, 1.54) is 38.5 Å². The molecule has 3 heteroatoms. The van der Waals surface area contributed by atoms with E-state index in [-0.39, 0.29) is 6.03 Å². The number of amides is 2. The predicted octanol–water partition coefficient (Wildman–Crippen LogP) is 2.62. The van der Waals surface area contributed by atoms with Crippen LogP contribution in [-0.2, 0) is 0 Å². The fourth-order valence-corrected chi connectivity index (χ4v) is 2.95. The highest BCUT2D eigenvalue weighted by molar-refractivity contribution is 5.74. The first-order valence-corrected chi connectivity index (χ1v) is 6.78. The Morgan fingerprint density at radius 3 is 2.62 bits per heavy atom. The highest BCUT2D eigenvalue weighted by Gasteiger charge is 2.23. The second kappa shape index (κ2) is 5.55. The first-order valence-electron chi connectivity index (χ1n) is 6.78. The van der Waals surface area contributed by atoms with Gasteiger partial charge in [0.15, 0.2) is 0 Å². The highest BCUT2D eigenvalue weighted by Crippen LogP contribution is 2.29. The van der Waals surface area contributed by atoms with Crippen molar-refractivity contribution in [2.24, 2.45) is 11.8 Å². The van der Waals surface area contributed by atoms with Crippen molar-refractivity contribution in [2.75, 3.05) is 19.6 Å². The van der Waals surface area contributed by atoms with Gasteiger partial charge in [-0.25, -0.2) is 4.79 Å². The third-order valence-electron chi connectivity index (χ3n) is 3.99. The molecule has 1 saturated carbocycles. The predicted molar refractivity (Wildman–Crippen MR) is 65.3 cm³/mol. The number of rotatable bonds is 2. The van der Waals surface area contributed by atoms with Crippen molar-refractivity contribution in [3.05, 3.63) is 0 Å². The van der Waals surface area contributed by atoms with Crippen LogP contribution in [0.2, 0.25) is 0 Å². The maximum absolute atomic E-state index is 11.9. The van der Waals surface area contributed by atoms with E-state index in [0.717, 1.165) is 31.5 Å². The second-order valence-corrected chi connectivity index (χ2v) is 5.52. The number of urea groups is 1. The molecule has 1 saturated heterocycles. The SMILES string of the molecule is CC1CCC(CNC(=O)N2CCCCC2)C1. The Kier molecular flexibility index (Phi) is 4.08. The van der Waals surface area contributed by atoms with Crippen LogP contribution in [0.3, 0.4) is 0 Å². The van der Waals surface area contributed by atoms with Gasteiger partial charge in [0.1, 0.15) is 0 Å². The van der Waals surface area contributed by atoms with Gasteiger partial charge in [-0.3, -0.25) is 0 Å². The quantitative estimate of drug-likeness (QED) is 0.768. The molecule has 0 bridgehead atoms. The first kappa shape index (κ1) is 11.7. The lowest BCUT2D eigenvalue weighted by Crippen LogP contribution is -2.44. The van der Waals surface area contributed by atoms with Crippen molar-refractivity contribution in [2.45, 2.75) is 45.4 Å². The maximum atomic E-state index is 11.9. The van der Waals surface area contributed by atoms with Gasteiger partial charge in [-0.15, -0.1) is 0 Å². The van der Waals surface area contributed by atoms with E-state index in [4.69, 9.17) is 0 Å². The number of nitrogens with zero attached hydrogens (tertiary/aromatic N) is 1. The van der Waals surface area contributed by atoms with E-state index < -0.39 is 0 Å². The molecule has 2 fully saturated rings. The first-order chi connectivity index (χ1) is 7.75. The van der Waals surface area contributed by atoms with Gasteiger partial charge >= 0.3 is 6.03 Å². The molecule has 2 rings (SSSR count). The fraction of sp³-hybridized carbons (Fsp3) is 0.923. The Morgan fingerprint density at radius 1 is 1.25 bits per heavy atom. The molecule has 1 aliphatic heterocycles. The number of hydrogen-bond acceptors (Lipinski definition) is 1. The van der Waals surface area contributed by atoms with Gasteiger partial charge in [0, 0.05) is 19.6 Å². The van der Waals surface area contributed by atoms with Crippen LogP contribution in [-0.4, -0.2) is 30.6 Å². The monoisotopic (exact) mass is 224 g/mol. The van der Waals surface area contributed by atoms with Crippen molar-refractivity contribution in [3.8, 4) is 0 Å². The summed E-state index contributed by atoms with van der Waals surface area (Å²) in [6.07, 6.45) is 7.55. The van der Waals surface area contributed by atoms with Gasteiger partial charge in [0.05, 0.1) is 0 Å². The van der Waals surface area contributed by atoms with Crippen LogP contribution in [0.15, 0.2) is 0 Å². The summed E-state index contributed by atoms with van der Waals surface area (Å²) >= 11 is 0. The molecular formula is C13H24N2O. The Balaban J connectivity index is 1.66. The van der Waals surface area contributed by atoms with E-state index in [9.17, 15) is 4.79 Å². The zero-order chi connectivity index (χ0) is 11.4. The molecule has 0 aromatic heterocycles. The van der Waals surface area contributed by atoms with Crippen LogP contribution in [0.1, 0.15) is 45.4 Å². The lowest BCUT2D eigenvalue weighted by Gasteiger charge is -2.27. The summed E-state index contributed by atoms with van der Waals surface area (Å²) in [4.78, 5) is 13.8. The number of likely N-dealkylation sites (tertiary alicyclic amines) is 1.